The van der Waals surface area contributed by atoms with E-state index in [2.05, 4.69) is 0 Å². The molecule has 0 aliphatic carbocycles. The van der Waals surface area contributed by atoms with Crippen LogP contribution in [0, 0.1) is 25.5 Å². The summed E-state index contributed by atoms with van der Waals surface area (Å²) in [5.41, 5.74) is 0.603. The quantitative estimate of drug-likeness (QED) is 0.944. The molecule has 0 aromatic heterocycles. The van der Waals surface area contributed by atoms with Gasteiger partial charge in [-0.1, -0.05) is 23.8 Å². The number of halogens is 2. The van der Waals surface area contributed by atoms with Gasteiger partial charge in [-0.2, -0.15) is 0 Å². The van der Waals surface area contributed by atoms with Crippen LogP contribution >= 0.6 is 0 Å². The zero-order valence-electron chi connectivity index (χ0n) is 10.9. The van der Waals surface area contributed by atoms with Crippen LogP contribution in [0.25, 0.3) is 0 Å². The Hall–Kier alpha value is -1.95. The summed E-state index contributed by atoms with van der Waals surface area (Å²) in [5.74, 6) is -2.27. The molecule has 2 aromatic rings. The lowest BCUT2D eigenvalue weighted by atomic mass is 10.2. The number of hydrogen-bond donors (Lipinski definition) is 1. The third kappa shape index (κ3) is 2.80. The molecule has 0 saturated carbocycles. The maximum Gasteiger partial charge on any atom is 0.261 e. The normalized spacial score (nSPS) is 11.4. The predicted molar refractivity (Wildman–Crippen MR) is 73.1 cm³/mol. The first-order valence-corrected chi connectivity index (χ1v) is 7.33. The fourth-order valence-corrected chi connectivity index (χ4v) is 2.71. The second-order valence-corrected chi connectivity index (χ2v) is 6.16. The van der Waals surface area contributed by atoms with Crippen LogP contribution in [-0.2, 0) is 10.0 Å². The number of sulfonamides is 1. The summed E-state index contributed by atoms with van der Waals surface area (Å²) in [6.07, 6.45) is 0. The van der Waals surface area contributed by atoms with Crippen molar-refractivity contribution in [2.24, 2.45) is 0 Å². The van der Waals surface area contributed by atoms with E-state index < -0.39 is 27.3 Å². The van der Waals surface area contributed by atoms with Crippen LogP contribution in [0.3, 0.4) is 0 Å². The third-order valence-corrected chi connectivity index (χ3v) is 4.23. The molecule has 0 unspecified atom stereocenters. The Balaban J connectivity index is 2.38. The summed E-state index contributed by atoms with van der Waals surface area (Å²) < 4.78 is 53.3. The van der Waals surface area contributed by atoms with E-state index in [0.717, 1.165) is 5.56 Å². The second kappa shape index (κ2) is 5.20. The Labute approximate surface area is 116 Å². The van der Waals surface area contributed by atoms with Gasteiger partial charge in [-0.15, -0.1) is 0 Å². The molecule has 0 aliphatic heterocycles. The molecule has 0 radical (unpaired) electrons. The fraction of sp³-hybridized carbons (Fsp3) is 0.143. The van der Waals surface area contributed by atoms with E-state index in [0.29, 0.717) is 0 Å². The van der Waals surface area contributed by atoms with Gasteiger partial charge >= 0.3 is 0 Å². The molecule has 0 atom stereocenters. The van der Waals surface area contributed by atoms with Crippen LogP contribution in [-0.4, -0.2) is 8.42 Å². The van der Waals surface area contributed by atoms with Crippen molar-refractivity contribution in [3.05, 3.63) is 59.2 Å². The molecule has 106 valence electrons. The van der Waals surface area contributed by atoms with Crippen LogP contribution in [0.2, 0.25) is 0 Å². The van der Waals surface area contributed by atoms with Gasteiger partial charge in [-0.3, -0.25) is 4.72 Å². The number of rotatable bonds is 3. The third-order valence-electron chi connectivity index (χ3n) is 2.85. The lowest BCUT2D eigenvalue weighted by Crippen LogP contribution is -2.14. The summed E-state index contributed by atoms with van der Waals surface area (Å²) in [7, 11) is -3.94. The van der Waals surface area contributed by atoms with Gasteiger partial charge in [0.05, 0.1) is 10.6 Å². The first-order valence-electron chi connectivity index (χ1n) is 5.85. The Morgan fingerprint density at radius 2 is 1.50 bits per heavy atom. The van der Waals surface area contributed by atoms with Gasteiger partial charge in [0.2, 0.25) is 0 Å². The zero-order chi connectivity index (χ0) is 14.9. The number of anilines is 1. The SMILES string of the molecule is Cc1ccc(S(=O)(=O)Nc2ccc(C)c(F)c2F)cc1. The van der Waals surface area contributed by atoms with E-state index in [-0.39, 0.29) is 10.5 Å². The maximum absolute atomic E-state index is 13.7. The lowest BCUT2D eigenvalue weighted by molar-refractivity contribution is 0.506. The molecule has 0 bridgehead atoms. The number of benzene rings is 2. The van der Waals surface area contributed by atoms with Gasteiger partial charge in [-0.25, -0.2) is 17.2 Å². The van der Waals surface area contributed by atoms with Gasteiger partial charge in [-0.05, 0) is 37.6 Å². The van der Waals surface area contributed by atoms with E-state index in [9.17, 15) is 17.2 Å². The van der Waals surface area contributed by atoms with Crippen molar-refractivity contribution in [1.82, 2.24) is 0 Å². The Kier molecular flexibility index (Phi) is 3.76. The van der Waals surface area contributed by atoms with Crippen molar-refractivity contribution in [2.75, 3.05) is 4.72 Å². The van der Waals surface area contributed by atoms with Crippen molar-refractivity contribution in [2.45, 2.75) is 18.7 Å². The number of hydrogen-bond acceptors (Lipinski definition) is 2. The summed E-state index contributed by atoms with van der Waals surface area (Å²) in [6, 6.07) is 8.56. The van der Waals surface area contributed by atoms with Crippen LogP contribution in [0.5, 0.6) is 0 Å². The van der Waals surface area contributed by atoms with Crippen LogP contribution in [0.15, 0.2) is 41.3 Å². The van der Waals surface area contributed by atoms with Gasteiger partial charge in [0.25, 0.3) is 10.0 Å². The molecule has 20 heavy (non-hydrogen) atoms. The average Bonchev–Trinajstić information content (AvgIpc) is 2.40. The van der Waals surface area contributed by atoms with Gasteiger partial charge < -0.3 is 0 Å². The molecule has 6 heteroatoms. The second-order valence-electron chi connectivity index (χ2n) is 4.48. The zero-order valence-corrected chi connectivity index (χ0v) is 11.8. The topological polar surface area (TPSA) is 46.2 Å². The minimum absolute atomic E-state index is 0.0107. The predicted octanol–water partition coefficient (Wildman–Crippen LogP) is 3.38. The van der Waals surface area contributed by atoms with Gasteiger partial charge in [0.1, 0.15) is 0 Å². The molecule has 3 nitrogen and oxygen atoms in total. The van der Waals surface area contributed by atoms with Crippen molar-refractivity contribution in [3.8, 4) is 0 Å². The summed E-state index contributed by atoms with van der Waals surface area (Å²) >= 11 is 0. The monoisotopic (exact) mass is 297 g/mol. The molecule has 0 aliphatic rings. The summed E-state index contributed by atoms with van der Waals surface area (Å²) in [4.78, 5) is -0.0107. The van der Waals surface area contributed by atoms with E-state index in [4.69, 9.17) is 0 Å². The maximum atomic E-state index is 13.7. The summed E-state index contributed by atoms with van der Waals surface area (Å²) in [6.45, 7) is 3.22. The first-order chi connectivity index (χ1) is 9.31. The van der Waals surface area contributed by atoms with Crippen LogP contribution in [0.4, 0.5) is 14.5 Å². The number of nitrogens with one attached hydrogen (secondary N) is 1. The van der Waals surface area contributed by atoms with Crippen molar-refractivity contribution < 1.29 is 17.2 Å². The average molecular weight is 297 g/mol. The minimum Gasteiger partial charge on any atom is -0.277 e. The fourth-order valence-electron chi connectivity index (χ4n) is 1.65. The first kappa shape index (κ1) is 14.5. The molecular weight excluding hydrogens is 284 g/mol. The van der Waals surface area contributed by atoms with Crippen molar-refractivity contribution in [1.29, 1.82) is 0 Å². The van der Waals surface area contributed by atoms with E-state index in [1.807, 2.05) is 11.6 Å². The lowest BCUT2D eigenvalue weighted by Gasteiger charge is -2.10. The minimum atomic E-state index is -3.94. The molecular formula is C14H13F2NO2S. The highest BCUT2D eigenvalue weighted by atomic mass is 32.2. The molecule has 0 amide bonds. The molecule has 2 aromatic carbocycles. The molecule has 0 heterocycles. The van der Waals surface area contributed by atoms with Crippen LogP contribution in [0.1, 0.15) is 11.1 Å². The highest BCUT2D eigenvalue weighted by molar-refractivity contribution is 7.92. The molecule has 0 fully saturated rings. The summed E-state index contributed by atoms with van der Waals surface area (Å²) in [5, 5.41) is 0. The van der Waals surface area contributed by atoms with E-state index in [1.165, 1.54) is 31.2 Å². The highest BCUT2D eigenvalue weighted by Gasteiger charge is 2.18. The highest BCUT2D eigenvalue weighted by Crippen LogP contribution is 2.23. The van der Waals surface area contributed by atoms with Gasteiger partial charge in [0.15, 0.2) is 11.6 Å². The van der Waals surface area contributed by atoms with E-state index >= 15 is 0 Å². The Morgan fingerprint density at radius 3 is 2.10 bits per heavy atom. The molecule has 0 spiro atoms. The largest absolute Gasteiger partial charge is 0.277 e. The Morgan fingerprint density at radius 1 is 0.900 bits per heavy atom. The van der Waals surface area contributed by atoms with Gasteiger partial charge in [0, 0.05) is 0 Å². The standard InChI is InChI=1S/C14H13F2NO2S/c1-9-3-6-11(7-4-9)20(18,19)17-12-8-5-10(2)13(15)14(12)16/h3-8,17H,1-2H3. The molecule has 0 saturated heterocycles. The van der Waals surface area contributed by atoms with E-state index in [1.54, 1.807) is 12.1 Å². The number of aryl methyl sites for hydroxylation is 2. The molecule has 1 N–H and O–H groups in total. The Bertz CT molecular complexity index is 741. The van der Waals surface area contributed by atoms with Crippen molar-refractivity contribution >= 4 is 15.7 Å². The molecule has 2 rings (SSSR count). The van der Waals surface area contributed by atoms with Crippen LogP contribution < -0.4 is 4.72 Å². The van der Waals surface area contributed by atoms with Crippen molar-refractivity contribution in [3.63, 3.8) is 0 Å². The smallest absolute Gasteiger partial charge is 0.261 e.